The summed E-state index contributed by atoms with van der Waals surface area (Å²) in [7, 11) is 0. The molecule has 2 aromatic carbocycles. The third-order valence-corrected chi connectivity index (χ3v) is 3.09. The number of fused-ring (bicyclic) bond motifs is 1. The Morgan fingerprint density at radius 1 is 1.06 bits per heavy atom. The van der Waals surface area contributed by atoms with E-state index < -0.39 is 6.04 Å². The van der Waals surface area contributed by atoms with E-state index in [1.54, 1.807) is 0 Å². The monoisotopic (exact) mass is 240 g/mol. The Bertz CT molecular complexity index is 631. The molecule has 1 aliphatic rings. The van der Waals surface area contributed by atoms with E-state index >= 15 is 0 Å². The van der Waals surface area contributed by atoms with E-state index in [-0.39, 0.29) is 18.2 Å². The van der Waals surface area contributed by atoms with Crippen LogP contribution in [0.4, 0.5) is 5.69 Å². The molecule has 1 aliphatic heterocycles. The van der Waals surface area contributed by atoms with E-state index in [0.29, 0.717) is 0 Å². The molecule has 0 bridgehead atoms. The van der Waals surface area contributed by atoms with E-state index in [1.807, 2.05) is 42.5 Å². The van der Waals surface area contributed by atoms with Crippen molar-refractivity contribution in [2.24, 2.45) is 0 Å². The van der Waals surface area contributed by atoms with Crippen LogP contribution in [0.3, 0.4) is 0 Å². The lowest BCUT2D eigenvalue weighted by Gasteiger charge is -2.13. The summed E-state index contributed by atoms with van der Waals surface area (Å²) in [4.78, 5) is 22.7. The Kier molecular flexibility index (Phi) is 2.48. The van der Waals surface area contributed by atoms with Crippen molar-refractivity contribution in [3.05, 3.63) is 42.5 Å². The molecule has 1 fully saturated rings. The summed E-state index contributed by atoms with van der Waals surface area (Å²) in [6, 6.07) is 13.3. The first-order valence-electron chi connectivity index (χ1n) is 5.82. The van der Waals surface area contributed by atoms with Crippen LogP contribution in [0.1, 0.15) is 6.42 Å². The second kappa shape index (κ2) is 4.14. The zero-order chi connectivity index (χ0) is 12.5. The SMILES string of the molecule is O=C1CC(Nc2cccc3ccccc23)C(=O)N1. The predicted molar refractivity (Wildman–Crippen MR) is 69.1 cm³/mol. The zero-order valence-corrected chi connectivity index (χ0v) is 9.64. The van der Waals surface area contributed by atoms with Gasteiger partial charge in [0, 0.05) is 11.1 Å². The standard InChI is InChI=1S/C14H12N2O2/c17-13-8-12(14(18)16-13)15-11-7-3-5-9-4-1-2-6-10(9)11/h1-7,12,15H,8H2,(H,16,17,18). The fourth-order valence-corrected chi connectivity index (χ4v) is 2.21. The van der Waals surface area contributed by atoms with Crippen molar-refractivity contribution >= 4 is 28.3 Å². The van der Waals surface area contributed by atoms with Gasteiger partial charge in [-0.25, -0.2) is 0 Å². The summed E-state index contributed by atoms with van der Waals surface area (Å²) in [5.74, 6) is -0.481. The number of anilines is 1. The maximum absolute atomic E-state index is 11.5. The second-order valence-electron chi connectivity index (χ2n) is 4.34. The number of benzene rings is 2. The summed E-state index contributed by atoms with van der Waals surface area (Å²) >= 11 is 0. The molecule has 0 aromatic heterocycles. The Balaban J connectivity index is 1.95. The van der Waals surface area contributed by atoms with Crippen molar-refractivity contribution in [3.63, 3.8) is 0 Å². The van der Waals surface area contributed by atoms with Gasteiger partial charge in [0.15, 0.2) is 0 Å². The zero-order valence-electron chi connectivity index (χ0n) is 9.64. The average molecular weight is 240 g/mol. The Morgan fingerprint density at radius 3 is 2.61 bits per heavy atom. The van der Waals surface area contributed by atoms with Crippen LogP contribution in [0.5, 0.6) is 0 Å². The number of hydrogen-bond acceptors (Lipinski definition) is 3. The Hall–Kier alpha value is -2.36. The molecule has 0 aliphatic carbocycles. The van der Waals surface area contributed by atoms with Crippen LogP contribution in [0.2, 0.25) is 0 Å². The summed E-state index contributed by atoms with van der Waals surface area (Å²) in [6.07, 6.45) is 0.196. The highest BCUT2D eigenvalue weighted by atomic mass is 16.2. The summed E-state index contributed by atoms with van der Waals surface area (Å²) in [5, 5.41) is 7.58. The van der Waals surface area contributed by atoms with Crippen LogP contribution < -0.4 is 10.6 Å². The molecular weight excluding hydrogens is 228 g/mol. The van der Waals surface area contributed by atoms with Gasteiger partial charge in [-0.1, -0.05) is 36.4 Å². The van der Waals surface area contributed by atoms with Gasteiger partial charge in [0.1, 0.15) is 6.04 Å². The number of nitrogens with one attached hydrogen (secondary N) is 2. The molecule has 1 saturated heterocycles. The van der Waals surface area contributed by atoms with Crippen molar-refractivity contribution in [2.45, 2.75) is 12.5 Å². The number of carbonyl (C=O) groups excluding carboxylic acids is 2. The van der Waals surface area contributed by atoms with E-state index in [2.05, 4.69) is 10.6 Å². The molecule has 4 nitrogen and oxygen atoms in total. The van der Waals surface area contributed by atoms with Gasteiger partial charge in [-0.15, -0.1) is 0 Å². The molecule has 2 aromatic rings. The molecule has 1 heterocycles. The smallest absolute Gasteiger partial charge is 0.249 e. The van der Waals surface area contributed by atoms with Gasteiger partial charge in [0.25, 0.3) is 0 Å². The molecular formula is C14H12N2O2. The van der Waals surface area contributed by atoms with Gasteiger partial charge >= 0.3 is 0 Å². The number of imide groups is 1. The summed E-state index contributed by atoms with van der Waals surface area (Å²) < 4.78 is 0. The third kappa shape index (κ3) is 1.82. The predicted octanol–water partition coefficient (Wildman–Crippen LogP) is 1.67. The maximum Gasteiger partial charge on any atom is 0.249 e. The first-order valence-corrected chi connectivity index (χ1v) is 5.82. The van der Waals surface area contributed by atoms with Gasteiger partial charge in [0.05, 0.1) is 6.42 Å². The maximum atomic E-state index is 11.5. The number of rotatable bonds is 2. The average Bonchev–Trinajstić information content (AvgIpc) is 2.68. The molecule has 2 N–H and O–H groups in total. The van der Waals surface area contributed by atoms with E-state index in [1.165, 1.54) is 0 Å². The fraction of sp³-hybridized carbons (Fsp3) is 0.143. The number of hydrogen-bond donors (Lipinski definition) is 2. The van der Waals surface area contributed by atoms with Crippen molar-refractivity contribution in [3.8, 4) is 0 Å². The van der Waals surface area contributed by atoms with E-state index in [4.69, 9.17) is 0 Å². The Morgan fingerprint density at radius 2 is 1.83 bits per heavy atom. The molecule has 90 valence electrons. The largest absolute Gasteiger partial charge is 0.373 e. The molecule has 1 atom stereocenters. The van der Waals surface area contributed by atoms with Gasteiger partial charge in [-0.3, -0.25) is 14.9 Å². The highest BCUT2D eigenvalue weighted by molar-refractivity contribution is 6.07. The highest BCUT2D eigenvalue weighted by Crippen LogP contribution is 2.24. The van der Waals surface area contributed by atoms with E-state index in [9.17, 15) is 9.59 Å². The minimum atomic E-state index is -0.469. The van der Waals surface area contributed by atoms with Gasteiger partial charge < -0.3 is 5.32 Å². The molecule has 18 heavy (non-hydrogen) atoms. The van der Waals surface area contributed by atoms with Crippen molar-refractivity contribution in [2.75, 3.05) is 5.32 Å². The summed E-state index contributed by atoms with van der Waals surface area (Å²) in [6.45, 7) is 0. The number of amides is 2. The molecule has 1 unspecified atom stereocenters. The lowest BCUT2D eigenvalue weighted by molar-refractivity contribution is -0.124. The highest BCUT2D eigenvalue weighted by Gasteiger charge is 2.30. The summed E-state index contributed by atoms with van der Waals surface area (Å²) in [5.41, 5.74) is 0.878. The molecule has 0 saturated carbocycles. The van der Waals surface area contributed by atoms with Gasteiger partial charge in [-0.05, 0) is 11.5 Å². The second-order valence-corrected chi connectivity index (χ2v) is 4.34. The van der Waals surface area contributed by atoms with Crippen LogP contribution in [0.25, 0.3) is 10.8 Å². The van der Waals surface area contributed by atoms with Crippen LogP contribution in [0, 0.1) is 0 Å². The molecule has 0 spiro atoms. The molecule has 2 amide bonds. The quantitative estimate of drug-likeness (QED) is 0.785. The first-order chi connectivity index (χ1) is 8.74. The van der Waals surface area contributed by atoms with Crippen LogP contribution in [-0.2, 0) is 9.59 Å². The third-order valence-electron chi connectivity index (χ3n) is 3.09. The minimum Gasteiger partial charge on any atom is -0.373 e. The van der Waals surface area contributed by atoms with Crippen LogP contribution in [0.15, 0.2) is 42.5 Å². The molecule has 4 heteroatoms. The normalized spacial score (nSPS) is 19.0. The first kappa shape index (κ1) is 10.8. The van der Waals surface area contributed by atoms with Gasteiger partial charge in [0.2, 0.25) is 11.8 Å². The lowest BCUT2D eigenvalue weighted by Crippen LogP contribution is -2.30. The van der Waals surface area contributed by atoms with Crippen molar-refractivity contribution in [1.29, 1.82) is 0 Å². The minimum absolute atomic E-state index is 0.196. The fourth-order valence-electron chi connectivity index (χ4n) is 2.21. The van der Waals surface area contributed by atoms with E-state index in [0.717, 1.165) is 16.5 Å². The lowest BCUT2D eigenvalue weighted by atomic mass is 10.1. The van der Waals surface area contributed by atoms with Crippen molar-refractivity contribution < 1.29 is 9.59 Å². The molecule has 0 radical (unpaired) electrons. The Labute approximate surface area is 104 Å². The van der Waals surface area contributed by atoms with Crippen LogP contribution >= 0.6 is 0 Å². The topological polar surface area (TPSA) is 58.2 Å². The van der Waals surface area contributed by atoms with Crippen molar-refractivity contribution in [1.82, 2.24) is 5.32 Å². The molecule has 3 rings (SSSR count). The van der Waals surface area contributed by atoms with Crippen LogP contribution in [-0.4, -0.2) is 17.9 Å². The number of carbonyl (C=O) groups is 2. The van der Waals surface area contributed by atoms with Gasteiger partial charge in [-0.2, -0.15) is 0 Å².